The second-order valence-electron chi connectivity index (χ2n) is 6.26. The van der Waals surface area contributed by atoms with Gasteiger partial charge in [-0.2, -0.15) is 0 Å². The van der Waals surface area contributed by atoms with Gasteiger partial charge in [-0.05, 0) is 57.2 Å². The third-order valence-corrected chi connectivity index (χ3v) is 5.22. The summed E-state index contributed by atoms with van der Waals surface area (Å²) in [5.41, 5.74) is 1.39. The summed E-state index contributed by atoms with van der Waals surface area (Å²) in [5, 5.41) is 9.51. The molecule has 2 unspecified atom stereocenters. The van der Waals surface area contributed by atoms with E-state index in [1.54, 1.807) is 6.07 Å². The Bertz CT molecular complexity index is 487. The van der Waals surface area contributed by atoms with Crippen molar-refractivity contribution in [3.8, 4) is 5.75 Å². The number of rotatable bonds is 2. The van der Waals surface area contributed by atoms with E-state index in [-0.39, 0.29) is 16.5 Å². The molecule has 20 heavy (non-hydrogen) atoms. The van der Waals surface area contributed by atoms with Crippen LogP contribution in [-0.4, -0.2) is 14.4 Å². The summed E-state index contributed by atoms with van der Waals surface area (Å²) in [6.45, 7) is 5.72. The van der Waals surface area contributed by atoms with Gasteiger partial charge in [-0.15, -0.1) is 4.72 Å². The topological polar surface area (TPSA) is 55.3 Å². The number of phenols is 1. The molecular weight excluding hydrogens is 277 g/mol. The quantitative estimate of drug-likeness (QED) is 0.650. The van der Waals surface area contributed by atoms with Crippen LogP contribution in [0.4, 0.5) is 4.39 Å². The van der Waals surface area contributed by atoms with E-state index in [1.807, 2.05) is 20.8 Å². The van der Waals surface area contributed by atoms with Crippen molar-refractivity contribution in [1.29, 1.82) is 0 Å². The Labute approximate surface area is 122 Å². The van der Waals surface area contributed by atoms with E-state index in [2.05, 4.69) is 4.72 Å². The molecule has 2 rings (SSSR count). The molecule has 1 aliphatic rings. The van der Waals surface area contributed by atoms with E-state index >= 15 is 0 Å². The fourth-order valence-electron chi connectivity index (χ4n) is 2.44. The van der Waals surface area contributed by atoms with Crippen molar-refractivity contribution >= 4 is 11.4 Å². The molecule has 0 radical (unpaired) electrons. The number of hydrogen-bond acceptors (Lipinski definition) is 3. The van der Waals surface area contributed by atoms with Gasteiger partial charge in [0, 0.05) is 11.4 Å². The summed E-state index contributed by atoms with van der Waals surface area (Å²) < 4.78 is 29.1. The zero-order valence-electron chi connectivity index (χ0n) is 12.2. The van der Waals surface area contributed by atoms with Gasteiger partial charge in [-0.1, -0.05) is 12.5 Å². The number of benzene rings is 1. The largest absolute Gasteiger partial charge is 0.598 e. The van der Waals surface area contributed by atoms with Crippen molar-refractivity contribution in [3.63, 3.8) is 0 Å². The molecule has 2 atom stereocenters. The third-order valence-electron chi connectivity index (χ3n) is 3.61. The zero-order valence-corrected chi connectivity index (χ0v) is 13.0. The summed E-state index contributed by atoms with van der Waals surface area (Å²) in [4.78, 5) is 0. The fraction of sp³-hybridized carbons (Fsp3) is 0.600. The highest BCUT2D eigenvalue weighted by atomic mass is 32.2. The molecule has 0 spiro atoms. The second-order valence-corrected chi connectivity index (χ2v) is 8.26. The monoisotopic (exact) mass is 299 g/mol. The highest BCUT2D eigenvalue weighted by molar-refractivity contribution is 7.90. The second kappa shape index (κ2) is 5.92. The lowest BCUT2D eigenvalue weighted by molar-refractivity contribution is 0.427. The summed E-state index contributed by atoms with van der Waals surface area (Å²) >= 11 is -1.20. The molecule has 0 saturated carbocycles. The average molecular weight is 299 g/mol. The van der Waals surface area contributed by atoms with E-state index in [4.69, 9.17) is 0 Å². The fourth-order valence-corrected chi connectivity index (χ4v) is 3.30. The van der Waals surface area contributed by atoms with Gasteiger partial charge >= 0.3 is 0 Å². The average Bonchev–Trinajstić information content (AvgIpc) is 2.56. The first-order valence-electron chi connectivity index (χ1n) is 6.99. The van der Waals surface area contributed by atoms with Gasteiger partial charge in [0.05, 0.1) is 6.04 Å². The molecule has 0 bridgehead atoms. The van der Waals surface area contributed by atoms with Crippen LogP contribution < -0.4 is 4.72 Å². The molecule has 0 saturated heterocycles. The highest BCUT2D eigenvalue weighted by Gasteiger charge is 2.32. The van der Waals surface area contributed by atoms with E-state index in [0.717, 1.165) is 24.8 Å². The predicted octanol–water partition coefficient (Wildman–Crippen LogP) is 3.35. The molecule has 2 N–H and O–H groups in total. The third kappa shape index (κ3) is 3.27. The van der Waals surface area contributed by atoms with E-state index in [1.165, 1.54) is 6.07 Å². The molecular formula is C15H22FNO2S. The maximum absolute atomic E-state index is 14.1. The number of fused-ring (bicyclic) bond motifs is 1. The molecule has 0 fully saturated rings. The molecule has 1 aliphatic carbocycles. The normalized spacial score (nSPS) is 21.1. The first-order chi connectivity index (χ1) is 9.30. The lowest BCUT2D eigenvalue weighted by Gasteiger charge is -2.28. The van der Waals surface area contributed by atoms with Crippen LogP contribution in [0, 0.1) is 5.82 Å². The Hall–Kier alpha value is -0.780. The standard InChI is InChI=1S/C15H22FNO2S/c1-15(2,3)20(19)17-12-7-5-4-6-11-10(12)8-9-13(18)14(11)16/h8-9,12,17-18H,4-7H2,1-3H3. The molecule has 0 aliphatic heterocycles. The van der Waals surface area contributed by atoms with E-state index < -0.39 is 17.2 Å². The maximum atomic E-state index is 14.1. The van der Waals surface area contributed by atoms with Crippen LogP contribution in [0.1, 0.15) is 57.2 Å². The molecule has 3 nitrogen and oxygen atoms in total. The van der Waals surface area contributed by atoms with Crippen molar-refractivity contribution in [3.05, 3.63) is 29.1 Å². The maximum Gasteiger partial charge on any atom is 0.168 e. The Morgan fingerprint density at radius 2 is 2.05 bits per heavy atom. The van der Waals surface area contributed by atoms with Gasteiger partial charge in [0.1, 0.15) is 4.75 Å². The summed E-state index contributed by atoms with van der Waals surface area (Å²) in [7, 11) is 0. The van der Waals surface area contributed by atoms with Crippen LogP contribution >= 0.6 is 0 Å². The van der Waals surface area contributed by atoms with Crippen LogP contribution in [0.2, 0.25) is 0 Å². The molecule has 5 heteroatoms. The van der Waals surface area contributed by atoms with Gasteiger partial charge in [0.2, 0.25) is 0 Å². The van der Waals surface area contributed by atoms with Crippen LogP contribution in [0.5, 0.6) is 5.75 Å². The van der Waals surface area contributed by atoms with E-state index in [9.17, 15) is 14.0 Å². The van der Waals surface area contributed by atoms with Gasteiger partial charge in [-0.25, -0.2) is 4.39 Å². The zero-order chi connectivity index (χ0) is 14.9. The summed E-state index contributed by atoms with van der Waals surface area (Å²) in [6, 6.07) is 3.01. The number of phenolic OH excluding ortho intramolecular Hbond substituents is 1. The Balaban J connectivity index is 2.31. The SMILES string of the molecule is CC(C)(C)[S+]([O-])NC1CCCCc2c1ccc(O)c2F. The lowest BCUT2D eigenvalue weighted by atomic mass is 9.99. The van der Waals surface area contributed by atoms with Crippen molar-refractivity contribution in [1.82, 2.24) is 4.72 Å². The molecule has 0 aromatic heterocycles. The van der Waals surface area contributed by atoms with Crippen LogP contribution in [0.3, 0.4) is 0 Å². The predicted molar refractivity (Wildman–Crippen MR) is 79.4 cm³/mol. The van der Waals surface area contributed by atoms with Crippen LogP contribution in [0.25, 0.3) is 0 Å². The Morgan fingerprint density at radius 1 is 1.35 bits per heavy atom. The molecule has 1 aromatic carbocycles. The van der Waals surface area contributed by atoms with Gasteiger partial charge < -0.3 is 9.66 Å². The smallest absolute Gasteiger partial charge is 0.168 e. The van der Waals surface area contributed by atoms with Gasteiger partial charge in [0.25, 0.3) is 0 Å². The van der Waals surface area contributed by atoms with Crippen LogP contribution in [-0.2, 0) is 17.8 Å². The minimum Gasteiger partial charge on any atom is -0.598 e. The van der Waals surface area contributed by atoms with Gasteiger partial charge in [-0.3, -0.25) is 0 Å². The molecule has 1 aromatic rings. The number of hydrogen-bond donors (Lipinski definition) is 2. The highest BCUT2D eigenvalue weighted by Crippen LogP contribution is 2.34. The summed E-state index contributed by atoms with van der Waals surface area (Å²) in [6.07, 6.45) is 3.29. The Kier molecular flexibility index (Phi) is 4.62. The Morgan fingerprint density at radius 3 is 2.70 bits per heavy atom. The van der Waals surface area contributed by atoms with Crippen molar-refractivity contribution in [2.45, 2.75) is 57.2 Å². The van der Waals surface area contributed by atoms with Crippen molar-refractivity contribution in [2.75, 3.05) is 0 Å². The van der Waals surface area contributed by atoms with Crippen molar-refractivity contribution in [2.24, 2.45) is 0 Å². The number of aromatic hydroxyl groups is 1. The lowest BCUT2D eigenvalue weighted by Crippen LogP contribution is -2.41. The molecule has 0 amide bonds. The first kappa shape index (κ1) is 15.6. The first-order valence-corrected chi connectivity index (χ1v) is 8.14. The minimum atomic E-state index is -1.20. The van der Waals surface area contributed by atoms with E-state index in [0.29, 0.717) is 12.0 Å². The number of nitrogens with one attached hydrogen (secondary N) is 1. The minimum absolute atomic E-state index is 0.123. The van der Waals surface area contributed by atoms with Gasteiger partial charge in [0.15, 0.2) is 11.6 Å². The molecule has 112 valence electrons. The molecule has 0 heterocycles. The van der Waals surface area contributed by atoms with Crippen molar-refractivity contribution < 1.29 is 14.0 Å². The summed E-state index contributed by atoms with van der Waals surface area (Å²) in [5.74, 6) is -0.834. The van der Waals surface area contributed by atoms with Crippen LogP contribution in [0.15, 0.2) is 12.1 Å². The number of halogens is 1.